The van der Waals surface area contributed by atoms with Crippen molar-refractivity contribution < 1.29 is 0 Å². The lowest BCUT2D eigenvalue weighted by molar-refractivity contribution is 0.614. The van der Waals surface area contributed by atoms with Gasteiger partial charge in [0.25, 0.3) is 0 Å². The zero-order chi connectivity index (χ0) is 9.54. The first-order valence-corrected chi connectivity index (χ1v) is 6.59. The number of fused-ring (bicyclic) bond motifs is 1. The Hall–Kier alpha value is -0.340. The Bertz CT molecular complexity index is 338. The van der Waals surface area contributed by atoms with E-state index in [1.165, 1.54) is 44.1 Å². The van der Waals surface area contributed by atoms with Crippen molar-refractivity contribution in [3.8, 4) is 0 Å². The quantitative estimate of drug-likeness (QED) is 0.792. The lowest BCUT2D eigenvalue weighted by Crippen LogP contribution is -2.14. The van der Waals surface area contributed by atoms with Crippen molar-refractivity contribution in [2.75, 3.05) is 0 Å². The van der Waals surface area contributed by atoms with Gasteiger partial charge in [-0.1, -0.05) is 0 Å². The summed E-state index contributed by atoms with van der Waals surface area (Å²) >= 11 is 1.95. The lowest BCUT2D eigenvalue weighted by atomic mass is 9.92. The topological polar surface area (TPSA) is 26.0 Å². The second-order valence-electron chi connectivity index (χ2n) is 4.66. The molecular formula is C12H17NS. The van der Waals surface area contributed by atoms with Crippen molar-refractivity contribution in [3.05, 3.63) is 21.4 Å². The molecule has 0 radical (unpaired) electrons. The highest BCUT2D eigenvalue weighted by atomic mass is 32.1. The molecule has 0 aliphatic heterocycles. The van der Waals surface area contributed by atoms with Crippen LogP contribution in [0.2, 0.25) is 0 Å². The van der Waals surface area contributed by atoms with Gasteiger partial charge in [0.05, 0.1) is 0 Å². The first-order valence-electron chi connectivity index (χ1n) is 5.71. The van der Waals surface area contributed by atoms with Gasteiger partial charge in [-0.15, -0.1) is 11.3 Å². The third-order valence-electron chi connectivity index (χ3n) is 3.58. The van der Waals surface area contributed by atoms with E-state index in [4.69, 9.17) is 5.73 Å². The number of rotatable bonds is 2. The molecule has 0 amide bonds. The van der Waals surface area contributed by atoms with Crippen molar-refractivity contribution in [1.82, 2.24) is 0 Å². The third-order valence-corrected chi connectivity index (χ3v) is 4.69. The van der Waals surface area contributed by atoms with E-state index >= 15 is 0 Å². The van der Waals surface area contributed by atoms with Crippen molar-refractivity contribution in [2.45, 2.75) is 44.6 Å². The number of hydrogen-bond donors (Lipinski definition) is 1. The van der Waals surface area contributed by atoms with Gasteiger partial charge < -0.3 is 5.73 Å². The van der Waals surface area contributed by atoms with Crippen molar-refractivity contribution in [3.63, 3.8) is 0 Å². The third kappa shape index (κ3) is 1.41. The van der Waals surface area contributed by atoms with Crippen LogP contribution in [0.15, 0.2) is 5.38 Å². The molecule has 1 nitrogen and oxygen atoms in total. The average Bonchev–Trinajstić information content (AvgIpc) is 2.97. The number of nitrogens with two attached hydrogens (primary N) is 1. The molecule has 1 atom stereocenters. The normalized spacial score (nSPS) is 23.2. The van der Waals surface area contributed by atoms with Gasteiger partial charge in [-0.05, 0) is 60.9 Å². The zero-order valence-corrected chi connectivity index (χ0v) is 9.28. The Morgan fingerprint density at radius 1 is 1.29 bits per heavy atom. The maximum absolute atomic E-state index is 6.28. The molecule has 1 aromatic heterocycles. The van der Waals surface area contributed by atoms with Crippen LogP contribution >= 0.6 is 11.3 Å². The summed E-state index contributed by atoms with van der Waals surface area (Å²) in [6, 6.07) is 0.355. The molecule has 0 saturated heterocycles. The van der Waals surface area contributed by atoms with E-state index in [1.807, 2.05) is 11.3 Å². The van der Waals surface area contributed by atoms with Gasteiger partial charge in [-0.3, -0.25) is 0 Å². The highest BCUT2D eigenvalue weighted by Crippen LogP contribution is 2.43. The van der Waals surface area contributed by atoms with Crippen LogP contribution in [0, 0.1) is 5.92 Å². The standard InChI is InChI=1S/C12H17NS/c13-12(8-5-6-8)10-7-14-11-4-2-1-3-9(10)11/h7-8,12H,1-6,13H2. The van der Waals surface area contributed by atoms with Gasteiger partial charge >= 0.3 is 0 Å². The second kappa shape index (κ2) is 3.35. The number of hydrogen-bond acceptors (Lipinski definition) is 2. The Morgan fingerprint density at radius 3 is 2.86 bits per heavy atom. The monoisotopic (exact) mass is 207 g/mol. The first kappa shape index (κ1) is 8.93. The van der Waals surface area contributed by atoms with Crippen LogP contribution in [-0.4, -0.2) is 0 Å². The van der Waals surface area contributed by atoms with Crippen LogP contribution in [0.25, 0.3) is 0 Å². The Balaban J connectivity index is 1.92. The summed E-state index contributed by atoms with van der Waals surface area (Å²) in [5, 5.41) is 2.33. The minimum Gasteiger partial charge on any atom is -0.324 e. The predicted molar refractivity (Wildman–Crippen MR) is 60.6 cm³/mol. The van der Waals surface area contributed by atoms with E-state index in [0.717, 1.165) is 5.92 Å². The molecule has 1 unspecified atom stereocenters. The summed E-state index contributed by atoms with van der Waals surface area (Å²) < 4.78 is 0. The fourth-order valence-electron chi connectivity index (χ4n) is 2.51. The molecule has 76 valence electrons. The molecule has 0 bridgehead atoms. The maximum Gasteiger partial charge on any atom is 0.0334 e. The summed E-state index contributed by atoms with van der Waals surface area (Å²) in [5.41, 5.74) is 9.39. The van der Waals surface area contributed by atoms with Crippen LogP contribution in [0.3, 0.4) is 0 Å². The SMILES string of the molecule is NC(c1csc2c1CCCC2)C1CC1. The summed E-state index contributed by atoms with van der Waals surface area (Å²) in [6.45, 7) is 0. The number of aryl methyl sites for hydroxylation is 1. The van der Waals surface area contributed by atoms with E-state index < -0.39 is 0 Å². The highest BCUT2D eigenvalue weighted by Gasteiger charge is 2.32. The minimum atomic E-state index is 0.355. The number of thiophene rings is 1. The molecule has 2 N–H and O–H groups in total. The van der Waals surface area contributed by atoms with Crippen molar-refractivity contribution >= 4 is 11.3 Å². The van der Waals surface area contributed by atoms with Crippen LogP contribution in [0.1, 0.15) is 47.7 Å². The molecule has 3 rings (SSSR count). The van der Waals surface area contributed by atoms with E-state index in [9.17, 15) is 0 Å². The molecule has 1 saturated carbocycles. The molecule has 0 aromatic carbocycles. The van der Waals surface area contributed by atoms with Crippen LogP contribution < -0.4 is 5.73 Å². The molecule has 1 heterocycles. The van der Waals surface area contributed by atoms with Gasteiger partial charge in [-0.2, -0.15) is 0 Å². The molecule has 14 heavy (non-hydrogen) atoms. The molecule has 1 fully saturated rings. The Labute approximate surface area is 89.3 Å². The minimum absolute atomic E-state index is 0.355. The summed E-state index contributed by atoms with van der Waals surface area (Å²) in [4.78, 5) is 1.63. The summed E-state index contributed by atoms with van der Waals surface area (Å²) in [5.74, 6) is 0.802. The van der Waals surface area contributed by atoms with Gasteiger partial charge in [0, 0.05) is 10.9 Å². The van der Waals surface area contributed by atoms with Crippen LogP contribution in [-0.2, 0) is 12.8 Å². The van der Waals surface area contributed by atoms with Crippen LogP contribution in [0.4, 0.5) is 0 Å². The fourth-order valence-corrected chi connectivity index (χ4v) is 3.70. The molecule has 2 aliphatic rings. The molecule has 1 aromatic rings. The van der Waals surface area contributed by atoms with E-state index in [-0.39, 0.29) is 0 Å². The Kier molecular flexibility index (Phi) is 2.14. The van der Waals surface area contributed by atoms with Gasteiger partial charge in [-0.25, -0.2) is 0 Å². The van der Waals surface area contributed by atoms with E-state index in [1.54, 1.807) is 10.4 Å². The molecule has 0 spiro atoms. The van der Waals surface area contributed by atoms with Gasteiger partial charge in [0.15, 0.2) is 0 Å². The van der Waals surface area contributed by atoms with E-state index in [2.05, 4.69) is 5.38 Å². The maximum atomic E-state index is 6.28. The Morgan fingerprint density at radius 2 is 2.07 bits per heavy atom. The van der Waals surface area contributed by atoms with Crippen molar-refractivity contribution in [1.29, 1.82) is 0 Å². The van der Waals surface area contributed by atoms with Gasteiger partial charge in [0.2, 0.25) is 0 Å². The molecular weight excluding hydrogens is 190 g/mol. The average molecular weight is 207 g/mol. The zero-order valence-electron chi connectivity index (χ0n) is 8.46. The lowest BCUT2D eigenvalue weighted by Gasteiger charge is -2.16. The molecule has 2 heteroatoms. The largest absolute Gasteiger partial charge is 0.324 e. The second-order valence-corrected chi connectivity index (χ2v) is 5.63. The predicted octanol–water partition coefficient (Wildman–Crippen LogP) is 3.04. The van der Waals surface area contributed by atoms with Gasteiger partial charge in [0.1, 0.15) is 0 Å². The van der Waals surface area contributed by atoms with Crippen LogP contribution in [0.5, 0.6) is 0 Å². The first-order chi connectivity index (χ1) is 6.86. The summed E-state index contributed by atoms with van der Waals surface area (Å²) in [6.07, 6.45) is 8.04. The summed E-state index contributed by atoms with van der Waals surface area (Å²) in [7, 11) is 0. The van der Waals surface area contributed by atoms with E-state index in [0.29, 0.717) is 6.04 Å². The highest BCUT2D eigenvalue weighted by molar-refractivity contribution is 7.10. The van der Waals surface area contributed by atoms with Crippen molar-refractivity contribution in [2.24, 2.45) is 11.7 Å². The fraction of sp³-hybridized carbons (Fsp3) is 0.667. The molecule has 2 aliphatic carbocycles. The smallest absolute Gasteiger partial charge is 0.0334 e.